The van der Waals surface area contributed by atoms with Crippen LogP contribution in [0.15, 0.2) is 54.6 Å². The Morgan fingerprint density at radius 3 is 2.23 bits per heavy atom. The summed E-state index contributed by atoms with van der Waals surface area (Å²) in [5, 5.41) is 11.6. The van der Waals surface area contributed by atoms with Gasteiger partial charge in [0.2, 0.25) is 29.6 Å². The number of likely N-dealkylation sites (N-methyl/N-ethyl adjacent to an activating group) is 1. The molecule has 0 fully saturated rings. The normalized spacial score (nSPS) is 16.1. The second-order valence-corrected chi connectivity index (χ2v) is 17.9. The molecule has 2 aromatic rings. The maximum Gasteiger partial charge on any atom is 0.269 e. The number of nitrogens with two attached hydrogens (primary N) is 1. The number of carbonyl (C=O) groups is 4. The maximum absolute atomic E-state index is 14.2. The Balaban J connectivity index is 1.92. The zero-order valence-corrected chi connectivity index (χ0v) is 38.8. The summed E-state index contributed by atoms with van der Waals surface area (Å²) in [5.74, 6) is -2.07. The van der Waals surface area contributed by atoms with E-state index in [9.17, 15) is 32.3 Å². The highest BCUT2D eigenvalue weighted by Gasteiger charge is 2.38. The molecular weight excluding hydrogens is 816 g/mol. The maximum atomic E-state index is 14.2. The molecule has 0 saturated heterocycles. The Hall–Kier alpha value is -5.13. The Morgan fingerprint density at radius 1 is 1.03 bits per heavy atom. The Kier molecular flexibility index (Phi) is 18.4. The van der Waals surface area contributed by atoms with Crippen molar-refractivity contribution >= 4 is 46.5 Å². The van der Waals surface area contributed by atoms with Gasteiger partial charge in [-0.05, 0) is 114 Å². The number of carbonyl (C=O) groups excluding carboxylic acids is 4. The van der Waals surface area contributed by atoms with Crippen LogP contribution in [0.5, 0.6) is 5.75 Å². The molecule has 0 saturated carbocycles. The molecule has 1 aliphatic rings. The van der Waals surface area contributed by atoms with E-state index in [4.69, 9.17) is 10.5 Å². The molecule has 1 aliphatic heterocycles. The van der Waals surface area contributed by atoms with Crippen molar-refractivity contribution in [3.8, 4) is 5.75 Å². The number of nitrogens with one attached hydrogen (secondary N) is 4. The summed E-state index contributed by atoms with van der Waals surface area (Å²) < 4.78 is 44.5. The molecule has 0 spiro atoms. The minimum absolute atomic E-state index is 0.00422. The monoisotopic (exact) mass is 882 g/mol. The Bertz CT molecular complexity index is 2020. The van der Waals surface area contributed by atoms with Crippen molar-refractivity contribution in [3.05, 3.63) is 83.2 Å². The minimum Gasteiger partial charge on any atom is -0.487 e. The molecule has 0 aliphatic carbocycles. The van der Waals surface area contributed by atoms with Gasteiger partial charge >= 0.3 is 0 Å². The van der Waals surface area contributed by atoms with E-state index >= 15 is 0 Å². The number of nitrogens with zero attached hydrogens (tertiary/aromatic N) is 3. The first-order valence-electron chi connectivity index (χ1n) is 20.9. The van der Waals surface area contributed by atoms with Crippen molar-refractivity contribution < 1.29 is 37.1 Å². The number of benzene rings is 2. The van der Waals surface area contributed by atoms with Crippen molar-refractivity contribution in [3.63, 3.8) is 0 Å². The van der Waals surface area contributed by atoms with E-state index in [1.54, 1.807) is 27.0 Å². The van der Waals surface area contributed by atoms with Gasteiger partial charge in [0.15, 0.2) is 0 Å². The number of ether oxygens (including phenoxy) is 1. The molecule has 1 heterocycles. The molecule has 62 heavy (non-hydrogen) atoms. The summed E-state index contributed by atoms with van der Waals surface area (Å²) in [7, 11) is 1.54. The van der Waals surface area contributed by atoms with E-state index in [0.717, 1.165) is 26.7 Å². The van der Waals surface area contributed by atoms with Crippen LogP contribution >= 0.6 is 0 Å². The molecular formula is C45H67FN8O7S. The van der Waals surface area contributed by atoms with Crippen LogP contribution in [0, 0.1) is 32.5 Å². The van der Waals surface area contributed by atoms with Crippen LogP contribution in [0.2, 0.25) is 0 Å². The SMILES string of the molecule is C=CCN(C)C(=O)[C@H](NC(=O)[C@H](CC)NC(=O)[C@H](CCCN=C(N)N(c1c(C)c(C)c2c(c1C)CC(C)(C)O2)S(=O)O)NC(=O)[C@@](C)(CC=C)NCC(C)C)c1ccc(F)cc1. The van der Waals surface area contributed by atoms with Crippen molar-refractivity contribution in [2.75, 3.05) is 31.0 Å². The third-order valence-corrected chi connectivity index (χ3v) is 11.6. The quantitative estimate of drug-likeness (QED) is 0.0310. The number of anilines is 1. The fourth-order valence-electron chi connectivity index (χ4n) is 7.25. The van der Waals surface area contributed by atoms with Crippen LogP contribution in [-0.4, -0.2) is 93.2 Å². The minimum atomic E-state index is -2.60. The molecule has 7 N–H and O–H groups in total. The van der Waals surface area contributed by atoms with Crippen LogP contribution in [-0.2, 0) is 36.9 Å². The highest BCUT2D eigenvalue weighted by Crippen LogP contribution is 2.45. The smallest absolute Gasteiger partial charge is 0.269 e. The average Bonchev–Trinajstić information content (AvgIpc) is 3.55. The Morgan fingerprint density at radius 2 is 1.66 bits per heavy atom. The second kappa shape index (κ2) is 22.3. The molecule has 0 radical (unpaired) electrons. The summed E-state index contributed by atoms with van der Waals surface area (Å²) in [6.45, 7) is 25.1. The van der Waals surface area contributed by atoms with Crippen molar-refractivity contribution in [2.24, 2.45) is 16.6 Å². The molecule has 17 heteroatoms. The molecule has 1 unspecified atom stereocenters. The number of fused-ring (bicyclic) bond motifs is 1. The van der Waals surface area contributed by atoms with Gasteiger partial charge in [-0.1, -0.05) is 45.1 Å². The van der Waals surface area contributed by atoms with Crippen LogP contribution < -0.4 is 36.0 Å². The number of rotatable bonds is 22. The third-order valence-electron chi connectivity index (χ3n) is 10.9. The first-order valence-corrected chi connectivity index (χ1v) is 22.0. The molecule has 5 atom stereocenters. The molecule has 0 bridgehead atoms. The number of hydrogen-bond acceptors (Lipinski definition) is 8. The first-order chi connectivity index (χ1) is 29.0. The Labute approximate surface area is 369 Å². The number of aliphatic imine (C=N–C) groups is 1. The van der Waals surface area contributed by atoms with E-state index in [1.165, 1.54) is 35.2 Å². The standard InChI is InChI=1S/C45H67FN8O7S/c1-13-22-45(11,49-26-27(4)5)42(58)51-35(40(56)50-34(15-3)39(55)52-36(41(57)53(12)24-14-2)31-18-20-32(46)21-19-31)17-16-23-48-43(47)54(62(59)60)37-28(6)29(7)38-33(30(37)8)25-44(9,10)61-38/h13-14,18-21,27,34-36,49H,1-2,15-17,22-26H2,3-12H3,(H2,47,48)(H,50,56)(H,51,58)(H,52,55)(H,59,60)/t34-,35-,36+,45+/m0/s1. The van der Waals surface area contributed by atoms with Crippen molar-refractivity contribution in [1.29, 1.82) is 0 Å². The summed E-state index contributed by atoms with van der Waals surface area (Å²) in [4.78, 5) is 61.3. The molecule has 3 rings (SSSR count). The number of hydrogen-bond donors (Lipinski definition) is 6. The van der Waals surface area contributed by atoms with Crippen LogP contribution in [0.4, 0.5) is 10.1 Å². The highest BCUT2D eigenvalue weighted by atomic mass is 32.2. The predicted molar refractivity (Wildman–Crippen MR) is 243 cm³/mol. The van der Waals surface area contributed by atoms with Crippen LogP contribution in [0.25, 0.3) is 0 Å². The summed E-state index contributed by atoms with van der Waals surface area (Å²) >= 11 is -2.60. The van der Waals surface area contributed by atoms with Gasteiger partial charge in [-0.2, -0.15) is 0 Å². The van der Waals surface area contributed by atoms with Crippen LogP contribution in [0.1, 0.15) is 101 Å². The fraction of sp³-hybridized carbons (Fsp3) is 0.533. The van der Waals surface area contributed by atoms with Gasteiger partial charge in [0.1, 0.15) is 35.3 Å². The number of halogens is 1. The van der Waals surface area contributed by atoms with Gasteiger partial charge in [0.25, 0.3) is 11.3 Å². The lowest BCUT2D eigenvalue weighted by Crippen LogP contribution is -2.60. The van der Waals surface area contributed by atoms with Gasteiger partial charge in [-0.25, -0.2) is 12.9 Å². The van der Waals surface area contributed by atoms with Crippen molar-refractivity contribution in [2.45, 2.75) is 124 Å². The lowest BCUT2D eigenvalue weighted by atomic mass is 9.92. The predicted octanol–water partition coefficient (Wildman–Crippen LogP) is 4.96. The lowest BCUT2D eigenvalue weighted by molar-refractivity contribution is -0.137. The molecule has 2 aromatic carbocycles. The van der Waals surface area contributed by atoms with E-state index in [2.05, 4.69) is 39.4 Å². The topological polar surface area (TPSA) is 208 Å². The molecule has 4 amide bonds. The molecule has 15 nitrogen and oxygen atoms in total. The van der Waals surface area contributed by atoms with Gasteiger partial charge in [0, 0.05) is 32.1 Å². The summed E-state index contributed by atoms with van der Waals surface area (Å²) in [6.07, 6.45) is 4.33. The van der Waals surface area contributed by atoms with E-state index in [1.807, 2.05) is 48.5 Å². The van der Waals surface area contributed by atoms with E-state index in [-0.39, 0.29) is 50.7 Å². The number of amides is 4. The van der Waals surface area contributed by atoms with Gasteiger partial charge < -0.3 is 36.6 Å². The van der Waals surface area contributed by atoms with Crippen LogP contribution in [0.3, 0.4) is 0 Å². The molecule has 0 aromatic heterocycles. The average molecular weight is 883 g/mol. The van der Waals surface area contributed by atoms with Gasteiger partial charge in [-0.3, -0.25) is 28.7 Å². The molecule has 342 valence electrons. The lowest BCUT2D eigenvalue weighted by Gasteiger charge is -2.32. The number of guanidine groups is 1. The summed E-state index contributed by atoms with van der Waals surface area (Å²) in [6, 6.07) is 1.65. The fourth-order valence-corrected chi connectivity index (χ4v) is 7.90. The van der Waals surface area contributed by atoms with E-state index in [0.29, 0.717) is 29.8 Å². The van der Waals surface area contributed by atoms with Crippen molar-refractivity contribution in [1.82, 2.24) is 26.2 Å². The van der Waals surface area contributed by atoms with Gasteiger partial charge in [0.05, 0.1) is 11.2 Å². The van der Waals surface area contributed by atoms with Gasteiger partial charge in [-0.15, -0.1) is 13.2 Å². The third kappa shape index (κ3) is 13.0. The summed E-state index contributed by atoms with van der Waals surface area (Å²) in [5.41, 5.74) is 8.83. The zero-order valence-electron chi connectivity index (χ0n) is 37.9. The second-order valence-electron chi connectivity index (χ2n) is 17.1. The largest absolute Gasteiger partial charge is 0.487 e. The highest BCUT2D eigenvalue weighted by molar-refractivity contribution is 7.81. The van der Waals surface area contributed by atoms with E-state index < -0.39 is 70.0 Å². The first kappa shape index (κ1) is 51.2. The zero-order chi connectivity index (χ0) is 46.7.